The van der Waals surface area contributed by atoms with Crippen LogP contribution in [0.3, 0.4) is 0 Å². The van der Waals surface area contributed by atoms with E-state index < -0.39 is 0 Å². The van der Waals surface area contributed by atoms with Crippen LogP contribution < -0.4 is 4.74 Å². The number of nitrogens with zero attached hydrogens (tertiary/aromatic N) is 2. The van der Waals surface area contributed by atoms with Crippen molar-refractivity contribution in [3.63, 3.8) is 0 Å². The summed E-state index contributed by atoms with van der Waals surface area (Å²) in [4.78, 5) is 16.9. The van der Waals surface area contributed by atoms with Gasteiger partial charge in [-0.1, -0.05) is 19.1 Å². The highest BCUT2D eigenvalue weighted by Crippen LogP contribution is 2.27. The van der Waals surface area contributed by atoms with Crippen molar-refractivity contribution in [2.24, 2.45) is 0 Å². The van der Waals surface area contributed by atoms with E-state index in [1.54, 1.807) is 23.0 Å². The Hall–Kier alpha value is -2.14. The summed E-state index contributed by atoms with van der Waals surface area (Å²) in [6.07, 6.45) is 2.50. The Morgan fingerprint density at radius 3 is 2.86 bits per heavy atom. The summed E-state index contributed by atoms with van der Waals surface area (Å²) in [6, 6.07) is 12.9. The van der Waals surface area contributed by atoms with E-state index in [1.165, 1.54) is 0 Å². The third kappa shape index (κ3) is 2.76. The minimum absolute atomic E-state index is 0.114. The molecule has 2 aromatic carbocycles. The highest BCUT2D eigenvalue weighted by atomic mass is 79.9. The number of benzene rings is 2. The molecule has 0 aliphatic carbocycles. The summed E-state index contributed by atoms with van der Waals surface area (Å²) in [5.41, 5.74) is 2.19. The first-order valence-electron chi connectivity index (χ1n) is 7.10. The summed E-state index contributed by atoms with van der Waals surface area (Å²) in [5.74, 6) is 0.630. The highest BCUT2D eigenvalue weighted by Gasteiger charge is 2.14. The van der Waals surface area contributed by atoms with Gasteiger partial charge >= 0.3 is 0 Å². The van der Waals surface area contributed by atoms with Gasteiger partial charge in [-0.25, -0.2) is 4.98 Å². The van der Waals surface area contributed by atoms with E-state index in [4.69, 9.17) is 4.74 Å². The third-order valence-corrected chi connectivity index (χ3v) is 3.93. The first-order chi connectivity index (χ1) is 10.7. The minimum Gasteiger partial charge on any atom is -0.492 e. The maximum Gasteiger partial charge on any atom is 0.263 e. The van der Waals surface area contributed by atoms with Crippen LogP contribution in [0, 0.1) is 0 Å². The van der Waals surface area contributed by atoms with Crippen molar-refractivity contribution < 1.29 is 9.53 Å². The van der Waals surface area contributed by atoms with Crippen LogP contribution in [0.1, 0.15) is 23.7 Å². The molecule has 112 valence electrons. The fraction of sp³-hybridized carbons (Fsp3) is 0.176. The number of carbonyl (C=O) groups is 1. The average Bonchev–Trinajstić information content (AvgIpc) is 2.97. The van der Waals surface area contributed by atoms with Gasteiger partial charge in [0.1, 0.15) is 12.1 Å². The molecule has 3 rings (SSSR count). The quantitative estimate of drug-likeness (QED) is 0.699. The lowest BCUT2D eigenvalue weighted by atomic mass is 10.2. The fourth-order valence-electron chi connectivity index (χ4n) is 2.22. The Bertz CT molecular complexity index is 826. The molecule has 0 aliphatic heterocycles. The predicted octanol–water partition coefficient (Wildman–Crippen LogP) is 4.28. The normalized spacial score (nSPS) is 10.8. The second-order valence-corrected chi connectivity index (χ2v) is 5.76. The maximum atomic E-state index is 12.7. The largest absolute Gasteiger partial charge is 0.492 e. The summed E-state index contributed by atoms with van der Waals surface area (Å²) >= 11 is 3.46. The molecule has 0 saturated carbocycles. The number of aromatic nitrogens is 2. The third-order valence-electron chi connectivity index (χ3n) is 3.31. The number of hydrogen-bond acceptors (Lipinski definition) is 3. The molecule has 0 atom stereocenters. The SMILES string of the molecule is CCCOc1ccc(C(=O)n2cnc3ccccc32)cc1Br. The first-order valence-corrected chi connectivity index (χ1v) is 7.89. The predicted molar refractivity (Wildman–Crippen MR) is 89.4 cm³/mol. The Morgan fingerprint density at radius 1 is 1.27 bits per heavy atom. The lowest BCUT2D eigenvalue weighted by molar-refractivity contribution is 0.0964. The van der Waals surface area contributed by atoms with Crippen LogP contribution in [0.15, 0.2) is 53.3 Å². The molecule has 3 aromatic rings. The molecular formula is C17H15BrN2O2. The average molecular weight is 359 g/mol. The molecule has 0 amide bonds. The van der Waals surface area contributed by atoms with Gasteiger partial charge in [0, 0.05) is 5.56 Å². The van der Waals surface area contributed by atoms with Crippen LogP contribution >= 0.6 is 15.9 Å². The number of carbonyl (C=O) groups excluding carboxylic acids is 1. The Morgan fingerprint density at radius 2 is 2.09 bits per heavy atom. The van der Waals surface area contributed by atoms with Gasteiger partial charge in [0.15, 0.2) is 0 Å². The Balaban J connectivity index is 1.93. The number of fused-ring (bicyclic) bond motifs is 1. The summed E-state index contributed by atoms with van der Waals surface area (Å²) in [5, 5.41) is 0. The number of rotatable bonds is 4. The number of halogens is 1. The van der Waals surface area contributed by atoms with Crippen LogP contribution in [-0.2, 0) is 0 Å². The van der Waals surface area contributed by atoms with E-state index in [1.807, 2.05) is 30.3 Å². The van der Waals surface area contributed by atoms with Crippen molar-refractivity contribution in [1.82, 2.24) is 9.55 Å². The summed E-state index contributed by atoms with van der Waals surface area (Å²) < 4.78 is 7.94. The number of para-hydroxylation sites is 2. The zero-order valence-corrected chi connectivity index (χ0v) is 13.7. The molecule has 0 fully saturated rings. The van der Waals surface area contributed by atoms with E-state index in [-0.39, 0.29) is 5.91 Å². The van der Waals surface area contributed by atoms with E-state index in [9.17, 15) is 4.79 Å². The molecule has 0 N–H and O–H groups in total. The smallest absolute Gasteiger partial charge is 0.263 e. The van der Waals surface area contributed by atoms with Crippen LogP contribution in [0.5, 0.6) is 5.75 Å². The van der Waals surface area contributed by atoms with Crippen LogP contribution in [0.4, 0.5) is 0 Å². The zero-order valence-electron chi connectivity index (χ0n) is 12.1. The second-order valence-electron chi connectivity index (χ2n) is 4.90. The van der Waals surface area contributed by atoms with Crippen molar-refractivity contribution in [1.29, 1.82) is 0 Å². The minimum atomic E-state index is -0.114. The molecule has 0 unspecified atom stereocenters. The number of imidazole rings is 1. The van der Waals surface area contributed by atoms with Gasteiger partial charge in [-0.3, -0.25) is 9.36 Å². The maximum absolute atomic E-state index is 12.7. The van der Waals surface area contributed by atoms with E-state index in [0.717, 1.165) is 27.7 Å². The van der Waals surface area contributed by atoms with Crippen molar-refractivity contribution in [3.05, 3.63) is 58.8 Å². The summed E-state index contributed by atoms with van der Waals surface area (Å²) in [7, 11) is 0. The molecule has 4 nitrogen and oxygen atoms in total. The van der Waals surface area contributed by atoms with Crippen molar-refractivity contribution >= 4 is 32.9 Å². The van der Waals surface area contributed by atoms with Crippen molar-refractivity contribution in [2.75, 3.05) is 6.61 Å². The van der Waals surface area contributed by atoms with Gasteiger partial charge in [-0.2, -0.15) is 0 Å². The number of hydrogen-bond donors (Lipinski definition) is 0. The number of ether oxygens (including phenoxy) is 1. The second kappa shape index (κ2) is 6.32. The fourth-order valence-corrected chi connectivity index (χ4v) is 2.72. The van der Waals surface area contributed by atoms with Crippen LogP contribution in [0.25, 0.3) is 11.0 Å². The Labute approximate surface area is 136 Å². The van der Waals surface area contributed by atoms with Gasteiger partial charge in [-0.05, 0) is 52.7 Å². The molecule has 22 heavy (non-hydrogen) atoms. The van der Waals surface area contributed by atoms with Crippen molar-refractivity contribution in [3.8, 4) is 5.75 Å². The molecule has 5 heteroatoms. The zero-order chi connectivity index (χ0) is 15.5. The molecule has 0 radical (unpaired) electrons. The van der Waals surface area contributed by atoms with E-state index in [0.29, 0.717) is 12.2 Å². The van der Waals surface area contributed by atoms with Gasteiger partial charge in [0.2, 0.25) is 0 Å². The summed E-state index contributed by atoms with van der Waals surface area (Å²) in [6.45, 7) is 2.70. The van der Waals surface area contributed by atoms with Gasteiger partial charge in [0.05, 0.1) is 22.1 Å². The van der Waals surface area contributed by atoms with Gasteiger partial charge in [-0.15, -0.1) is 0 Å². The van der Waals surface area contributed by atoms with Crippen molar-refractivity contribution in [2.45, 2.75) is 13.3 Å². The van der Waals surface area contributed by atoms with Crippen LogP contribution in [0.2, 0.25) is 0 Å². The molecule has 0 saturated heterocycles. The molecule has 1 aromatic heterocycles. The molecule has 0 spiro atoms. The first kappa shape index (κ1) is 14.8. The Kier molecular flexibility index (Phi) is 4.24. The lowest BCUT2D eigenvalue weighted by Crippen LogP contribution is -2.10. The highest BCUT2D eigenvalue weighted by molar-refractivity contribution is 9.10. The lowest BCUT2D eigenvalue weighted by Gasteiger charge is -2.09. The molecule has 0 aliphatic rings. The monoisotopic (exact) mass is 358 g/mol. The van der Waals surface area contributed by atoms with Gasteiger partial charge < -0.3 is 4.74 Å². The molecule has 0 bridgehead atoms. The molecule has 1 heterocycles. The van der Waals surface area contributed by atoms with Gasteiger partial charge in [0.25, 0.3) is 5.91 Å². The van der Waals surface area contributed by atoms with E-state index in [2.05, 4.69) is 27.8 Å². The van der Waals surface area contributed by atoms with E-state index >= 15 is 0 Å². The van der Waals surface area contributed by atoms with Crippen LogP contribution in [-0.4, -0.2) is 22.1 Å². The molecular weight excluding hydrogens is 344 g/mol. The standard InChI is InChI=1S/C17H15BrN2O2/c1-2-9-22-16-8-7-12(10-13(16)18)17(21)20-11-19-14-5-3-4-6-15(14)20/h3-8,10-11H,2,9H2,1H3. The topological polar surface area (TPSA) is 44.1 Å².